The molecule has 2 atom stereocenters. The normalized spacial score (nSPS) is 30.9. The highest BCUT2D eigenvalue weighted by atomic mass is 19.4. The van der Waals surface area contributed by atoms with Crippen LogP contribution >= 0.6 is 0 Å². The lowest BCUT2D eigenvalue weighted by Gasteiger charge is -2.23. The lowest BCUT2D eigenvalue weighted by atomic mass is 10.00. The van der Waals surface area contributed by atoms with Crippen LogP contribution in [0.4, 0.5) is 22.0 Å². The fraction of sp³-hybridized carbons (Fsp3) is 1.00. The first-order chi connectivity index (χ1) is 5.75. The van der Waals surface area contributed by atoms with Gasteiger partial charge in [0, 0.05) is 6.42 Å². The molecule has 1 aliphatic rings. The van der Waals surface area contributed by atoms with E-state index in [-0.39, 0.29) is 0 Å². The summed E-state index contributed by atoms with van der Waals surface area (Å²) < 4.78 is 64.4. The van der Waals surface area contributed by atoms with E-state index in [0.29, 0.717) is 0 Å². The number of ether oxygens (including phenoxy) is 1. The Labute approximate surface area is 70.3 Å². The van der Waals surface area contributed by atoms with E-state index in [0.717, 1.165) is 0 Å². The maximum atomic E-state index is 12.5. The molecular weight excluding hydrogens is 199 g/mol. The first-order valence-corrected chi connectivity index (χ1v) is 3.49. The van der Waals surface area contributed by atoms with Crippen LogP contribution in [0.3, 0.4) is 0 Å². The SMILES string of the molecule is OC1CC(C(F)(F)C(F)(F)F)CO1. The molecule has 2 nitrogen and oxygen atoms in total. The van der Waals surface area contributed by atoms with Gasteiger partial charge < -0.3 is 9.84 Å². The third kappa shape index (κ3) is 1.91. The average molecular weight is 206 g/mol. The van der Waals surface area contributed by atoms with Crippen molar-refractivity contribution in [1.82, 2.24) is 0 Å². The molecule has 78 valence electrons. The van der Waals surface area contributed by atoms with Gasteiger partial charge in [-0.2, -0.15) is 22.0 Å². The van der Waals surface area contributed by atoms with Crippen molar-refractivity contribution in [2.75, 3.05) is 6.61 Å². The molecule has 0 aliphatic carbocycles. The monoisotopic (exact) mass is 206 g/mol. The van der Waals surface area contributed by atoms with Crippen LogP contribution in [-0.4, -0.2) is 30.1 Å². The summed E-state index contributed by atoms with van der Waals surface area (Å²) in [6, 6.07) is 0. The summed E-state index contributed by atoms with van der Waals surface area (Å²) >= 11 is 0. The van der Waals surface area contributed by atoms with Gasteiger partial charge in [0.25, 0.3) is 0 Å². The molecule has 1 N–H and O–H groups in total. The topological polar surface area (TPSA) is 29.5 Å². The van der Waals surface area contributed by atoms with E-state index in [1.807, 2.05) is 0 Å². The number of hydrogen-bond acceptors (Lipinski definition) is 2. The molecule has 0 amide bonds. The molecular formula is C6H7F5O2. The van der Waals surface area contributed by atoms with Crippen molar-refractivity contribution in [2.24, 2.45) is 5.92 Å². The van der Waals surface area contributed by atoms with Gasteiger partial charge in [0.2, 0.25) is 0 Å². The van der Waals surface area contributed by atoms with Crippen LogP contribution in [0.5, 0.6) is 0 Å². The molecule has 13 heavy (non-hydrogen) atoms. The van der Waals surface area contributed by atoms with Gasteiger partial charge in [-0.3, -0.25) is 0 Å². The third-order valence-corrected chi connectivity index (χ3v) is 1.87. The van der Waals surface area contributed by atoms with Crippen molar-refractivity contribution in [3.63, 3.8) is 0 Å². The second-order valence-corrected chi connectivity index (χ2v) is 2.84. The highest BCUT2D eigenvalue weighted by molar-refractivity contribution is 4.87. The minimum absolute atomic E-state index is 0.688. The second-order valence-electron chi connectivity index (χ2n) is 2.84. The fourth-order valence-electron chi connectivity index (χ4n) is 1.09. The summed E-state index contributed by atoms with van der Waals surface area (Å²) in [5.74, 6) is -6.77. The van der Waals surface area contributed by atoms with Crippen molar-refractivity contribution in [2.45, 2.75) is 24.8 Å². The van der Waals surface area contributed by atoms with E-state index in [2.05, 4.69) is 4.74 Å². The molecule has 1 fully saturated rings. The van der Waals surface area contributed by atoms with Gasteiger partial charge in [0.05, 0.1) is 12.5 Å². The van der Waals surface area contributed by atoms with Gasteiger partial charge in [-0.05, 0) is 0 Å². The van der Waals surface area contributed by atoms with Gasteiger partial charge in [0.1, 0.15) is 0 Å². The molecule has 0 aromatic heterocycles. The van der Waals surface area contributed by atoms with E-state index < -0.39 is 37.3 Å². The number of aliphatic hydroxyl groups is 1. The number of halogens is 5. The van der Waals surface area contributed by atoms with E-state index in [1.54, 1.807) is 0 Å². The second kappa shape index (κ2) is 3.06. The lowest BCUT2D eigenvalue weighted by molar-refractivity contribution is -0.301. The fourth-order valence-corrected chi connectivity index (χ4v) is 1.09. The summed E-state index contributed by atoms with van der Waals surface area (Å²) in [5.41, 5.74) is 0. The Bertz CT molecular complexity index is 190. The Morgan fingerprint density at radius 3 is 2.00 bits per heavy atom. The zero-order chi connectivity index (χ0) is 10.3. The summed E-state index contributed by atoms with van der Waals surface area (Å²) in [5, 5.41) is 8.61. The maximum absolute atomic E-state index is 12.5. The largest absolute Gasteiger partial charge is 0.453 e. The van der Waals surface area contributed by atoms with Crippen molar-refractivity contribution in [3.8, 4) is 0 Å². The first kappa shape index (κ1) is 10.6. The van der Waals surface area contributed by atoms with E-state index in [1.165, 1.54) is 0 Å². The van der Waals surface area contributed by atoms with Crippen LogP contribution in [-0.2, 0) is 4.74 Å². The maximum Gasteiger partial charge on any atom is 0.453 e. The van der Waals surface area contributed by atoms with Crippen LogP contribution in [0, 0.1) is 5.92 Å². The molecule has 0 aromatic rings. The van der Waals surface area contributed by atoms with Crippen LogP contribution in [0.25, 0.3) is 0 Å². The Morgan fingerprint density at radius 2 is 1.69 bits per heavy atom. The Balaban J connectivity index is 2.70. The molecule has 0 bridgehead atoms. The zero-order valence-corrected chi connectivity index (χ0v) is 6.31. The third-order valence-electron chi connectivity index (χ3n) is 1.87. The standard InChI is InChI=1S/C6H7F5O2/c7-5(8,6(9,10)11)3-1-4(12)13-2-3/h3-4,12H,1-2H2. The molecule has 0 radical (unpaired) electrons. The van der Waals surface area contributed by atoms with Crippen molar-refractivity contribution in [3.05, 3.63) is 0 Å². The molecule has 1 saturated heterocycles. The van der Waals surface area contributed by atoms with Gasteiger partial charge in [-0.1, -0.05) is 0 Å². The van der Waals surface area contributed by atoms with Crippen molar-refractivity contribution < 1.29 is 31.8 Å². The van der Waals surface area contributed by atoms with Gasteiger partial charge in [-0.25, -0.2) is 0 Å². The number of aliphatic hydroxyl groups excluding tert-OH is 1. The highest BCUT2D eigenvalue weighted by Crippen LogP contribution is 2.44. The summed E-state index contributed by atoms with van der Waals surface area (Å²) in [6.45, 7) is -0.770. The van der Waals surface area contributed by atoms with Crippen molar-refractivity contribution in [1.29, 1.82) is 0 Å². The summed E-state index contributed by atoms with van der Waals surface area (Å²) in [4.78, 5) is 0. The molecule has 1 aliphatic heterocycles. The molecule has 0 spiro atoms. The Kier molecular flexibility index (Phi) is 2.50. The van der Waals surface area contributed by atoms with Crippen LogP contribution in [0.15, 0.2) is 0 Å². The van der Waals surface area contributed by atoms with Crippen LogP contribution in [0.2, 0.25) is 0 Å². The van der Waals surface area contributed by atoms with E-state index in [9.17, 15) is 22.0 Å². The minimum atomic E-state index is -5.58. The minimum Gasteiger partial charge on any atom is -0.368 e. The Morgan fingerprint density at radius 1 is 1.15 bits per heavy atom. The van der Waals surface area contributed by atoms with E-state index >= 15 is 0 Å². The number of hydrogen-bond donors (Lipinski definition) is 1. The first-order valence-electron chi connectivity index (χ1n) is 3.49. The van der Waals surface area contributed by atoms with Crippen LogP contribution < -0.4 is 0 Å². The summed E-state index contributed by atoms with van der Waals surface area (Å²) in [6.07, 6.45) is -7.78. The molecule has 1 heterocycles. The smallest absolute Gasteiger partial charge is 0.368 e. The highest BCUT2D eigenvalue weighted by Gasteiger charge is 2.63. The molecule has 0 saturated carbocycles. The van der Waals surface area contributed by atoms with Gasteiger partial charge in [0.15, 0.2) is 6.29 Å². The van der Waals surface area contributed by atoms with Gasteiger partial charge in [-0.15, -0.1) is 0 Å². The van der Waals surface area contributed by atoms with E-state index in [4.69, 9.17) is 5.11 Å². The average Bonchev–Trinajstić information content (AvgIpc) is 2.33. The summed E-state index contributed by atoms with van der Waals surface area (Å²) in [7, 11) is 0. The predicted octanol–water partition coefficient (Wildman–Crippen LogP) is 1.54. The van der Waals surface area contributed by atoms with Crippen LogP contribution in [0.1, 0.15) is 6.42 Å². The molecule has 1 rings (SSSR count). The molecule has 2 unspecified atom stereocenters. The van der Waals surface area contributed by atoms with Crippen molar-refractivity contribution >= 4 is 0 Å². The van der Waals surface area contributed by atoms with Gasteiger partial charge >= 0.3 is 12.1 Å². The zero-order valence-electron chi connectivity index (χ0n) is 6.31. The molecule has 7 heteroatoms. The predicted molar refractivity (Wildman–Crippen MR) is 31.1 cm³/mol. The molecule has 0 aromatic carbocycles. The Hall–Kier alpha value is -0.430. The quantitative estimate of drug-likeness (QED) is 0.659. The lowest BCUT2D eigenvalue weighted by Crippen LogP contribution is -2.43. The number of alkyl halides is 5. The number of rotatable bonds is 1.